The number of methoxy groups -OCH3 is 2. The lowest BCUT2D eigenvalue weighted by molar-refractivity contribution is -0.122. The summed E-state index contributed by atoms with van der Waals surface area (Å²) in [4.78, 5) is 27.6. The zero-order chi connectivity index (χ0) is 24.6. The Morgan fingerprint density at radius 3 is 2.29 bits per heavy atom. The summed E-state index contributed by atoms with van der Waals surface area (Å²) in [6.45, 7) is 5.98. The highest BCUT2D eigenvalue weighted by molar-refractivity contribution is 7.80. The number of nitrogens with zero attached hydrogens (tertiary/aromatic N) is 2. The third-order valence-electron chi connectivity index (χ3n) is 5.79. The van der Waals surface area contributed by atoms with Gasteiger partial charge in [-0.1, -0.05) is 17.7 Å². The molecule has 0 aliphatic carbocycles. The number of carbonyl (C=O) groups excluding carboxylic acids is 2. The Morgan fingerprint density at radius 1 is 0.941 bits per heavy atom. The zero-order valence-electron chi connectivity index (χ0n) is 19.6. The summed E-state index contributed by atoms with van der Waals surface area (Å²) in [5.74, 6) is -0.145. The maximum absolute atomic E-state index is 13.5. The smallest absolute Gasteiger partial charge is 0.270 e. The molecule has 2 aromatic carbocycles. The van der Waals surface area contributed by atoms with Crippen molar-refractivity contribution < 1.29 is 19.1 Å². The Morgan fingerprint density at radius 2 is 1.65 bits per heavy atom. The highest BCUT2D eigenvalue weighted by Crippen LogP contribution is 2.35. The number of hydrogen-bond donors (Lipinski definition) is 1. The molecule has 1 aliphatic heterocycles. The van der Waals surface area contributed by atoms with Crippen molar-refractivity contribution in [2.75, 3.05) is 19.1 Å². The molecule has 1 saturated heterocycles. The molecule has 0 bridgehead atoms. The fourth-order valence-corrected chi connectivity index (χ4v) is 4.30. The van der Waals surface area contributed by atoms with Crippen LogP contribution in [0.5, 0.6) is 11.5 Å². The lowest BCUT2D eigenvalue weighted by atomic mass is 10.1. The van der Waals surface area contributed by atoms with Crippen LogP contribution in [-0.4, -0.2) is 35.7 Å². The summed E-state index contributed by atoms with van der Waals surface area (Å²) >= 11 is 5.34. The van der Waals surface area contributed by atoms with E-state index in [9.17, 15) is 9.59 Å². The molecule has 1 aliphatic rings. The molecule has 0 radical (unpaired) electrons. The molecule has 4 rings (SSSR count). The van der Waals surface area contributed by atoms with Crippen LogP contribution < -0.4 is 19.7 Å². The van der Waals surface area contributed by atoms with E-state index >= 15 is 0 Å². The van der Waals surface area contributed by atoms with Gasteiger partial charge in [-0.2, -0.15) is 0 Å². The minimum atomic E-state index is -0.548. The summed E-state index contributed by atoms with van der Waals surface area (Å²) in [6.07, 6.45) is 1.60. The van der Waals surface area contributed by atoms with Crippen LogP contribution in [0.4, 0.5) is 5.69 Å². The van der Waals surface area contributed by atoms with Crippen LogP contribution in [0, 0.1) is 20.8 Å². The van der Waals surface area contributed by atoms with Gasteiger partial charge in [0.2, 0.25) is 0 Å². The molecule has 34 heavy (non-hydrogen) atoms. The minimum absolute atomic E-state index is 0.0242. The second-order valence-electron chi connectivity index (χ2n) is 7.99. The van der Waals surface area contributed by atoms with Gasteiger partial charge in [0.05, 0.1) is 19.9 Å². The van der Waals surface area contributed by atoms with Crippen molar-refractivity contribution in [1.29, 1.82) is 0 Å². The van der Waals surface area contributed by atoms with E-state index in [-0.39, 0.29) is 10.7 Å². The van der Waals surface area contributed by atoms with Crippen molar-refractivity contribution >= 4 is 40.9 Å². The number of ether oxygens (including phenoxy) is 2. The Labute approximate surface area is 203 Å². The normalized spacial score (nSPS) is 15.0. The highest BCUT2D eigenvalue weighted by Gasteiger charge is 2.36. The van der Waals surface area contributed by atoms with Crippen molar-refractivity contribution in [3.05, 3.63) is 76.6 Å². The molecular weight excluding hydrogens is 450 g/mol. The molecular formula is C26H25N3O4S. The number of aryl methyl sites for hydroxylation is 2. The molecule has 3 aromatic rings. The van der Waals surface area contributed by atoms with Crippen LogP contribution in [-0.2, 0) is 9.59 Å². The zero-order valence-corrected chi connectivity index (χ0v) is 20.4. The summed E-state index contributed by atoms with van der Waals surface area (Å²) < 4.78 is 12.8. The van der Waals surface area contributed by atoms with Crippen molar-refractivity contribution in [2.24, 2.45) is 0 Å². The van der Waals surface area contributed by atoms with Crippen LogP contribution in [0.25, 0.3) is 11.8 Å². The van der Waals surface area contributed by atoms with Gasteiger partial charge in [-0.3, -0.25) is 14.9 Å². The fraction of sp³-hybridized carbons (Fsp3) is 0.192. The maximum atomic E-state index is 13.5. The number of benzene rings is 2. The van der Waals surface area contributed by atoms with Crippen LogP contribution in [0.1, 0.15) is 22.5 Å². The average molecular weight is 476 g/mol. The lowest BCUT2D eigenvalue weighted by Gasteiger charge is -2.30. The average Bonchev–Trinajstić information content (AvgIpc) is 3.09. The Balaban J connectivity index is 1.78. The maximum Gasteiger partial charge on any atom is 0.270 e. The topological polar surface area (TPSA) is 72.8 Å². The van der Waals surface area contributed by atoms with Crippen LogP contribution in [0.2, 0.25) is 0 Å². The monoisotopic (exact) mass is 475 g/mol. The number of rotatable bonds is 5. The summed E-state index contributed by atoms with van der Waals surface area (Å²) in [5, 5.41) is 2.60. The lowest BCUT2D eigenvalue weighted by Crippen LogP contribution is -2.54. The number of anilines is 1. The molecule has 0 spiro atoms. The molecule has 2 heterocycles. The van der Waals surface area contributed by atoms with E-state index < -0.39 is 11.8 Å². The standard InChI is InChI=1S/C26H25N3O4S/c1-15-6-8-19(9-7-15)28-16(2)12-18(17(28)3)13-21-24(30)27-26(34)29(25(21)31)22-14-20(32-4)10-11-23(22)33-5/h6-14H,1-5H3,(H,27,30,34)/b21-13-. The van der Waals surface area contributed by atoms with E-state index in [1.165, 1.54) is 24.7 Å². The number of carbonyl (C=O) groups is 2. The Hall–Kier alpha value is -3.91. The molecule has 2 amide bonds. The number of aromatic nitrogens is 1. The van der Waals surface area contributed by atoms with Crippen LogP contribution in [0.15, 0.2) is 54.1 Å². The third kappa shape index (κ3) is 4.08. The highest BCUT2D eigenvalue weighted by atomic mass is 32.1. The molecule has 1 N–H and O–H groups in total. The first-order chi connectivity index (χ1) is 16.2. The van der Waals surface area contributed by atoms with Crippen molar-refractivity contribution in [2.45, 2.75) is 20.8 Å². The van der Waals surface area contributed by atoms with Gasteiger partial charge in [-0.05, 0) is 75.0 Å². The molecule has 1 fully saturated rings. The van der Waals surface area contributed by atoms with Crippen molar-refractivity contribution in [3.8, 4) is 17.2 Å². The molecule has 0 atom stereocenters. The van der Waals surface area contributed by atoms with Crippen molar-refractivity contribution in [3.63, 3.8) is 0 Å². The first kappa shape index (κ1) is 23.3. The first-order valence-corrected chi connectivity index (χ1v) is 11.1. The van der Waals surface area contributed by atoms with E-state index in [1.807, 2.05) is 51.1 Å². The minimum Gasteiger partial charge on any atom is -0.497 e. The van der Waals surface area contributed by atoms with Gasteiger partial charge < -0.3 is 14.0 Å². The molecule has 174 valence electrons. The molecule has 0 unspecified atom stereocenters. The fourth-order valence-electron chi connectivity index (χ4n) is 4.03. The van der Waals surface area contributed by atoms with Crippen LogP contribution in [0.3, 0.4) is 0 Å². The van der Waals surface area contributed by atoms with Gasteiger partial charge in [-0.25, -0.2) is 4.90 Å². The molecule has 8 heteroatoms. The predicted molar refractivity (Wildman–Crippen MR) is 136 cm³/mol. The second-order valence-corrected chi connectivity index (χ2v) is 8.38. The summed E-state index contributed by atoms with van der Waals surface area (Å²) in [6, 6.07) is 15.2. The number of thiocarbonyl (C=S) groups is 1. The van der Waals surface area contributed by atoms with E-state index in [0.29, 0.717) is 17.2 Å². The van der Waals surface area contributed by atoms with E-state index in [4.69, 9.17) is 21.7 Å². The number of nitrogens with one attached hydrogen (secondary N) is 1. The Kier molecular flexibility index (Phi) is 6.26. The SMILES string of the molecule is COc1ccc(OC)c(N2C(=O)/C(=C\c3cc(C)n(-c4ccc(C)cc4)c3C)C(=O)NC2=S)c1. The first-order valence-electron chi connectivity index (χ1n) is 10.6. The van der Waals surface area contributed by atoms with Gasteiger partial charge in [-0.15, -0.1) is 0 Å². The molecule has 0 saturated carbocycles. The van der Waals surface area contributed by atoms with E-state index in [2.05, 4.69) is 9.88 Å². The number of amides is 2. The predicted octanol–water partition coefficient (Wildman–Crippen LogP) is 4.25. The van der Waals surface area contributed by atoms with E-state index in [1.54, 1.807) is 24.3 Å². The summed E-state index contributed by atoms with van der Waals surface area (Å²) in [7, 11) is 3.02. The molecule has 7 nitrogen and oxygen atoms in total. The van der Waals surface area contributed by atoms with Crippen molar-refractivity contribution in [1.82, 2.24) is 9.88 Å². The van der Waals surface area contributed by atoms with Gasteiger partial charge in [0.25, 0.3) is 11.8 Å². The number of hydrogen-bond acceptors (Lipinski definition) is 5. The van der Waals surface area contributed by atoms with Gasteiger partial charge in [0, 0.05) is 23.1 Å². The van der Waals surface area contributed by atoms with E-state index in [0.717, 1.165) is 22.6 Å². The van der Waals surface area contributed by atoms with Crippen LogP contribution >= 0.6 is 12.2 Å². The summed E-state index contributed by atoms with van der Waals surface area (Å²) in [5.41, 5.74) is 5.19. The Bertz CT molecular complexity index is 1340. The van der Waals surface area contributed by atoms with Gasteiger partial charge in [0.15, 0.2) is 5.11 Å². The largest absolute Gasteiger partial charge is 0.497 e. The second kappa shape index (κ2) is 9.15. The molecule has 1 aromatic heterocycles. The van der Waals surface area contributed by atoms with Gasteiger partial charge in [0.1, 0.15) is 17.1 Å². The van der Waals surface area contributed by atoms with Gasteiger partial charge >= 0.3 is 0 Å². The quantitative estimate of drug-likeness (QED) is 0.339. The third-order valence-corrected chi connectivity index (χ3v) is 6.08.